The molecule has 0 aliphatic heterocycles. The first-order valence-electron chi connectivity index (χ1n) is 11.6. The molecule has 0 radical (unpaired) electrons. The van der Waals surface area contributed by atoms with Gasteiger partial charge in [-0.15, -0.1) is 0 Å². The summed E-state index contributed by atoms with van der Waals surface area (Å²) in [5, 5.41) is 0. The first-order chi connectivity index (χ1) is 15.7. The number of rotatable bonds is 20. The second kappa shape index (κ2) is 52.4. The van der Waals surface area contributed by atoms with E-state index in [4.69, 9.17) is 0 Å². The van der Waals surface area contributed by atoms with Gasteiger partial charge in [0.1, 0.15) is 0 Å². The maximum absolute atomic E-state index is 9.42. The van der Waals surface area contributed by atoms with E-state index >= 15 is 0 Å². The largest absolute Gasteiger partial charge is 0.653 e. The Bertz CT molecular complexity index is 280. The van der Waals surface area contributed by atoms with Gasteiger partial charge in [0.05, 0.1) is 0 Å². The Hall–Kier alpha value is -1.50. The molecule has 0 spiro atoms. The standard InChI is InChI=1S/4C6H11O2.Zn/c4*1-2-3-4-5-8-6-7;/h4*2-5H2,1H3;/q4*-1;. The molecular formula is C24H44O8Zn-4. The van der Waals surface area contributed by atoms with Crippen molar-refractivity contribution in [2.24, 2.45) is 0 Å². The van der Waals surface area contributed by atoms with Crippen molar-refractivity contribution >= 4 is 25.9 Å². The van der Waals surface area contributed by atoms with E-state index in [1.165, 1.54) is 25.9 Å². The summed E-state index contributed by atoms with van der Waals surface area (Å²) in [4.78, 5) is 37.7. The Morgan fingerprint density at radius 3 is 0.697 bits per heavy atom. The van der Waals surface area contributed by atoms with Crippen LogP contribution in [0.15, 0.2) is 0 Å². The van der Waals surface area contributed by atoms with Crippen molar-refractivity contribution in [1.82, 2.24) is 0 Å². The van der Waals surface area contributed by atoms with E-state index in [-0.39, 0.29) is 19.5 Å². The van der Waals surface area contributed by atoms with Crippen molar-refractivity contribution < 1.29 is 57.6 Å². The van der Waals surface area contributed by atoms with Gasteiger partial charge in [-0.1, -0.05) is 105 Å². The minimum atomic E-state index is 0. The smallest absolute Gasteiger partial charge is 0.0480 e. The van der Waals surface area contributed by atoms with Gasteiger partial charge in [0.2, 0.25) is 0 Å². The first kappa shape index (κ1) is 41.7. The summed E-state index contributed by atoms with van der Waals surface area (Å²) in [6.45, 7) is 16.0. The molecule has 0 unspecified atom stereocenters. The molecule has 0 saturated carbocycles. The minimum Gasteiger partial charge on any atom is -0.653 e. The molecule has 0 aromatic heterocycles. The van der Waals surface area contributed by atoms with Crippen LogP contribution in [0.5, 0.6) is 0 Å². The Labute approximate surface area is 214 Å². The zero-order chi connectivity index (χ0) is 25.0. The van der Waals surface area contributed by atoms with E-state index in [2.05, 4.69) is 46.6 Å². The van der Waals surface area contributed by atoms with Crippen LogP contribution in [0.1, 0.15) is 105 Å². The van der Waals surface area contributed by atoms with Gasteiger partial charge in [0, 0.05) is 45.9 Å². The number of hydrogen-bond acceptors (Lipinski definition) is 8. The van der Waals surface area contributed by atoms with E-state index in [0.29, 0.717) is 26.4 Å². The minimum absolute atomic E-state index is 0. The van der Waals surface area contributed by atoms with Gasteiger partial charge in [0.25, 0.3) is 0 Å². The molecule has 0 heterocycles. The first-order valence-corrected chi connectivity index (χ1v) is 11.6. The Morgan fingerprint density at radius 2 is 0.576 bits per heavy atom. The molecule has 0 atom stereocenters. The number of ether oxygens (including phenoxy) is 4. The van der Waals surface area contributed by atoms with Crippen molar-refractivity contribution in [3.8, 4) is 0 Å². The zero-order valence-electron chi connectivity index (χ0n) is 21.3. The maximum atomic E-state index is 9.42. The fourth-order valence-corrected chi connectivity index (χ4v) is 1.86. The van der Waals surface area contributed by atoms with E-state index in [1.807, 2.05) is 0 Å². The molecule has 8 nitrogen and oxygen atoms in total. The fourth-order valence-electron chi connectivity index (χ4n) is 1.86. The van der Waals surface area contributed by atoms with Gasteiger partial charge in [0.15, 0.2) is 0 Å². The average molecular weight is 526 g/mol. The second-order valence-corrected chi connectivity index (χ2v) is 6.56. The van der Waals surface area contributed by atoms with Crippen LogP contribution in [0.3, 0.4) is 0 Å². The molecule has 0 aromatic carbocycles. The van der Waals surface area contributed by atoms with Gasteiger partial charge in [-0.25, -0.2) is 0 Å². The van der Waals surface area contributed by atoms with Crippen molar-refractivity contribution in [2.45, 2.75) is 105 Å². The Balaban J connectivity index is -0.000000105. The summed E-state index contributed by atoms with van der Waals surface area (Å²) >= 11 is 0. The predicted molar refractivity (Wildman–Crippen MR) is 125 cm³/mol. The summed E-state index contributed by atoms with van der Waals surface area (Å²) < 4.78 is 17.3. The third kappa shape index (κ3) is 72.4. The molecule has 0 aliphatic rings. The topological polar surface area (TPSA) is 105 Å². The van der Waals surface area contributed by atoms with Crippen molar-refractivity contribution in [3.63, 3.8) is 0 Å². The van der Waals surface area contributed by atoms with Gasteiger partial charge >= 0.3 is 0 Å². The number of hydrogen-bond donors (Lipinski definition) is 0. The third-order valence-corrected chi connectivity index (χ3v) is 3.64. The third-order valence-electron chi connectivity index (χ3n) is 3.64. The molecule has 0 aromatic rings. The van der Waals surface area contributed by atoms with Crippen molar-refractivity contribution in [2.75, 3.05) is 26.4 Å². The van der Waals surface area contributed by atoms with Gasteiger partial charge < -0.3 is 38.1 Å². The molecule has 0 amide bonds. The molecule has 0 aliphatic carbocycles. The summed E-state index contributed by atoms with van der Waals surface area (Å²) in [5.41, 5.74) is 0. The quantitative estimate of drug-likeness (QED) is 0.0942. The molecule has 9 heteroatoms. The van der Waals surface area contributed by atoms with Gasteiger partial charge in [-0.05, 0) is 25.7 Å². The molecule has 0 bridgehead atoms. The monoisotopic (exact) mass is 524 g/mol. The predicted octanol–water partition coefficient (Wildman–Crippen LogP) is 5.04. The molecule has 0 rings (SSSR count). The van der Waals surface area contributed by atoms with E-state index in [9.17, 15) is 19.2 Å². The molecule has 0 saturated heterocycles. The average Bonchev–Trinajstić information content (AvgIpc) is 2.82. The van der Waals surface area contributed by atoms with Crippen LogP contribution in [0.4, 0.5) is 0 Å². The van der Waals surface area contributed by atoms with E-state index in [1.54, 1.807) is 0 Å². The summed E-state index contributed by atoms with van der Waals surface area (Å²) in [6.07, 6.45) is 13.0. The number of carbonyl (C=O) groups excluding carboxylic acids is 4. The fraction of sp³-hybridized carbons (Fsp3) is 0.833. The molecular weight excluding hydrogens is 482 g/mol. The van der Waals surface area contributed by atoms with Crippen LogP contribution in [0.25, 0.3) is 0 Å². The second-order valence-electron chi connectivity index (χ2n) is 6.56. The Kier molecular flexibility index (Phi) is 66.3. The zero-order valence-corrected chi connectivity index (χ0v) is 24.3. The van der Waals surface area contributed by atoms with Crippen molar-refractivity contribution in [1.29, 1.82) is 0 Å². The van der Waals surface area contributed by atoms with Gasteiger partial charge in [-0.3, -0.25) is 0 Å². The van der Waals surface area contributed by atoms with Gasteiger partial charge in [-0.2, -0.15) is 0 Å². The van der Waals surface area contributed by atoms with Crippen LogP contribution in [-0.2, 0) is 57.6 Å². The van der Waals surface area contributed by atoms with Crippen LogP contribution < -0.4 is 0 Å². The molecule has 33 heavy (non-hydrogen) atoms. The van der Waals surface area contributed by atoms with E-state index < -0.39 is 0 Å². The SMILES string of the molecule is CCCCCO[C-]=O.CCCCCO[C-]=O.CCCCCO[C-]=O.CCCCCO[C-]=O.[Zn]. The maximum Gasteiger partial charge on any atom is 0.0480 e. The normalized spacial score (nSPS) is 8.36. The molecule has 0 N–H and O–H groups in total. The van der Waals surface area contributed by atoms with E-state index in [0.717, 1.165) is 77.0 Å². The van der Waals surface area contributed by atoms with Crippen LogP contribution in [0.2, 0.25) is 0 Å². The van der Waals surface area contributed by atoms with Crippen LogP contribution in [0, 0.1) is 0 Å². The summed E-state index contributed by atoms with van der Waals surface area (Å²) in [5.74, 6) is 0. The molecule has 194 valence electrons. The van der Waals surface area contributed by atoms with Crippen LogP contribution in [-0.4, -0.2) is 52.3 Å². The van der Waals surface area contributed by atoms with Crippen LogP contribution >= 0.6 is 0 Å². The Morgan fingerprint density at radius 1 is 0.394 bits per heavy atom. The number of unbranched alkanes of at least 4 members (excludes halogenated alkanes) is 8. The van der Waals surface area contributed by atoms with Crippen molar-refractivity contribution in [3.05, 3.63) is 0 Å². The summed E-state index contributed by atoms with van der Waals surface area (Å²) in [7, 11) is 0. The molecule has 0 fully saturated rings. The summed E-state index contributed by atoms with van der Waals surface area (Å²) in [6, 6.07) is 0.